The van der Waals surface area contributed by atoms with Crippen molar-refractivity contribution in [3.05, 3.63) is 29.3 Å². The van der Waals surface area contributed by atoms with E-state index in [0.29, 0.717) is 10.7 Å². The van der Waals surface area contributed by atoms with E-state index < -0.39 is 0 Å². The van der Waals surface area contributed by atoms with Crippen molar-refractivity contribution in [2.75, 3.05) is 25.2 Å². The van der Waals surface area contributed by atoms with E-state index in [1.165, 1.54) is 17.5 Å². The molecule has 0 fully saturated rings. The van der Waals surface area contributed by atoms with Crippen LogP contribution in [0.1, 0.15) is 31.4 Å². The summed E-state index contributed by atoms with van der Waals surface area (Å²) in [6, 6.07) is 6.48. The molecule has 4 heteroatoms. The summed E-state index contributed by atoms with van der Waals surface area (Å²) in [5.74, 6) is 0.744. The number of hydrogen-bond acceptors (Lipinski definition) is 2. The molecule has 21 heavy (non-hydrogen) atoms. The zero-order chi connectivity index (χ0) is 15.4. The molecule has 1 aliphatic rings. The molecule has 0 spiro atoms. The van der Waals surface area contributed by atoms with Crippen molar-refractivity contribution < 1.29 is 9.53 Å². The third-order valence-electron chi connectivity index (χ3n) is 3.79. The molecule has 1 amide bonds. The van der Waals surface area contributed by atoms with Gasteiger partial charge in [-0.05, 0) is 42.4 Å². The lowest BCUT2D eigenvalue weighted by molar-refractivity contribution is -0.122. The second-order valence-electron chi connectivity index (χ2n) is 6.12. The van der Waals surface area contributed by atoms with E-state index in [4.69, 9.17) is 4.74 Å². The van der Waals surface area contributed by atoms with Crippen molar-refractivity contribution in [3.8, 4) is 0 Å². The number of fused-ring (bicyclic) bond motifs is 1. The summed E-state index contributed by atoms with van der Waals surface area (Å²) in [5.41, 5.74) is 3.68. The van der Waals surface area contributed by atoms with E-state index in [1.807, 2.05) is 4.90 Å². The molecule has 2 rings (SSSR count). The lowest BCUT2D eigenvalue weighted by atomic mass is 10.0. The third-order valence-corrected chi connectivity index (χ3v) is 4.49. The quantitative estimate of drug-likeness (QED) is 0.731. The van der Waals surface area contributed by atoms with Gasteiger partial charge in [0.05, 0.1) is 0 Å². The summed E-state index contributed by atoms with van der Waals surface area (Å²) in [5, 5.41) is 0. The molecule has 1 aromatic rings. The monoisotopic (exact) mass is 353 g/mol. The van der Waals surface area contributed by atoms with E-state index in [1.54, 1.807) is 7.11 Å². The van der Waals surface area contributed by atoms with Crippen molar-refractivity contribution in [1.82, 2.24) is 0 Å². The smallest absolute Gasteiger partial charge is 0.252 e. The largest absolute Gasteiger partial charge is 0.375 e. The van der Waals surface area contributed by atoms with Gasteiger partial charge in [-0.15, -0.1) is 0 Å². The second kappa shape index (κ2) is 7.41. The molecule has 0 saturated carbocycles. The van der Waals surface area contributed by atoms with Gasteiger partial charge in [0.1, 0.15) is 6.61 Å². The van der Waals surface area contributed by atoms with Crippen LogP contribution in [0.25, 0.3) is 0 Å². The number of carbonyl (C=O) groups is 1. The molecule has 1 aliphatic heterocycles. The molecule has 116 valence electrons. The number of nitrogens with zero attached hydrogens (tertiary/aromatic N) is 1. The van der Waals surface area contributed by atoms with Gasteiger partial charge in [0.15, 0.2) is 0 Å². The number of hydrogen-bond donors (Lipinski definition) is 0. The van der Waals surface area contributed by atoms with Gasteiger partial charge < -0.3 is 9.64 Å². The molecule has 1 aromatic carbocycles. The van der Waals surface area contributed by atoms with Crippen LogP contribution in [0.2, 0.25) is 0 Å². The molecule has 0 N–H and O–H groups in total. The Hall–Kier alpha value is -0.870. The van der Waals surface area contributed by atoms with Gasteiger partial charge in [-0.1, -0.05) is 41.9 Å². The fraction of sp³-hybridized carbons (Fsp3) is 0.588. The zero-order valence-corrected chi connectivity index (χ0v) is 14.6. The van der Waals surface area contributed by atoms with Crippen LogP contribution < -0.4 is 4.90 Å². The molecule has 0 aliphatic carbocycles. The molecule has 0 aromatic heterocycles. The lowest BCUT2D eigenvalue weighted by Gasteiger charge is -2.17. The summed E-state index contributed by atoms with van der Waals surface area (Å²) in [4.78, 5) is 14.3. The van der Waals surface area contributed by atoms with Crippen LogP contribution in [0, 0.1) is 5.92 Å². The highest BCUT2D eigenvalue weighted by Gasteiger charge is 2.24. The highest BCUT2D eigenvalue weighted by atomic mass is 79.9. The number of anilines is 1. The van der Waals surface area contributed by atoms with E-state index in [9.17, 15) is 4.79 Å². The molecule has 1 heterocycles. The summed E-state index contributed by atoms with van der Waals surface area (Å²) in [7, 11) is 1.56. The van der Waals surface area contributed by atoms with Crippen molar-refractivity contribution in [3.63, 3.8) is 0 Å². The van der Waals surface area contributed by atoms with Crippen LogP contribution in [0.4, 0.5) is 5.69 Å². The first-order chi connectivity index (χ1) is 10.0. The van der Waals surface area contributed by atoms with Gasteiger partial charge in [-0.3, -0.25) is 4.79 Å². The number of amides is 1. The minimum Gasteiger partial charge on any atom is -0.375 e. The fourth-order valence-electron chi connectivity index (χ4n) is 2.89. The number of methoxy groups -OCH3 is 1. The molecular formula is C17H24BrNO2. The summed E-state index contributed by atoms with van der Waals surface area (Å²) in [6.07, 6.45) is 3.16. The van der Waals surface area contributed by atoms with Crippen LogP contribution in [0.5, 0.6) is 0 Å². The number of ether oxygens (including phenoxy) is 1. The average Bonchev–Trinajstić information content (AvgIpc) is 2.80. The number of carbonyl (C=O) groups excluding carboxylic acids is 1. The van der Waals surface area contributed by atoms with Crippen molar-refractivity contribution in [1.29, 1.82) is 0 Å². The van der Waals surface area contributed by atoms with Gasteiger partial charge in [0.2, 0.25) is 0 Å². The molecule has 0 radical (unpaired) electrons. The van der Waals surface area contributed by atoms with Crippen LogP contribution in [0.3, 0.4) is 0 Å². The Labute approximate surface area is 135 Å². The molecule has 1 atom stereocenters. The van der Waals surface area contributed by atoms with E-state index in [0.717, 1.165) is 25.1 Å². The maximum absolute atomic E-state index is 12.0. The van der Waals surface area contributed by atoms with E-state index >= 15 is 0 Å². The predicted octanol–water partition coefficient (Wildman–Crippen LogP) is 3.57. The van der Waals surface area contributed by atoms with Gasteiger partial charge in [-0.25, -0.2) is 0 Å². The SMILES string of the molecule is COCC(=O)N1CCc2cc(CC(Br)CC(C)C)ccc21. The van der Waals surface area contributed by atoms with Crippen molar-refractivity contribution in [2.45, 2.75) is 37.9 Å². The highest BCUT2D eigenvalue weighted by molar-refractivity contribution is 9.09. The van der Waals surface area contributed by atoms with Crippen molar-refractivity contribution in [2.24, 2.45) is 5.92 Å². The molecular weight excluding hydrogens is 330 g/mol. The minimum atomic E-state index is 0.0437. The normalized spacial score (nSPS) is 15.4. The van der Waals surface area contributed by atoms with Gasteiger partial charge in [-0.2, -0.15) is 0 Å². The Balaban J connectivity index is 2.06. The van der Waals surface area contributed by atoms with Crippen LogP contribution >= 0.6 is 15.9 Å². The maximum atomic E-state index is 12.0. The Morgan fingerprint density at radius 2 is 2.19 bits per heavy atom. The highest BCUT2D eigenvalue weighted by Crippen LogP contribution is 2.30. The maximum Gasteiger partial charge on any atom is 0.252 e. The summed E-state index contributed by atoms with van der Waals surface area (Å²) < 4.78 is 4.95. The van der Waals surface area contributed by atoms with Gasteiger partial charge >= 0.3 is 0 Å². The van der Waals surface area contributed by atoms with Crippen LogP contribution in [-0.4, -0.2) is 31.0 Å². The summed E-state index contributed by atoms with van der Waals surface area (Å²) >= 11 is 3.77. The zero-order valence-electron chi connectivity index (χ0n) is 13.1. The van der Waals surface area contributed by atoms with Gasteiger partial charge in [0, 0.05) is 24.2 Å². The Bertz CT molecular complexity index is 502. The molecule has 1 unspecified atom stereocenters. The first kappa shape index (κ1) is 16.5. The Morgan fingerprint density at radius 1 is 1.43 bits per heavy atom. The van der Waals surface area contributed by atoms with Crippen LogP contribution in [-0.2, 0) is 22.4 Å². The van der Waals surface area contributed by atoms with Crippen molar-refractivity contribution >= 4 is 27.5 Å². The Morgan fingerprint density at radius 3 is 2.86 bits per heavy atom. The number of rotatable bonds is 6. The summed E-state index contributed by atoms with van der Waals surface area (Å²) in [6.45, 7) is 5.41. The average molecular weight is 354 g/mol. The number of benzene rings is 1. The predicted molar refractivity (Wildman–Crippen MR) is 90.2 cm³/mol. The first-order valence-electron chi connectivity index (χ1n) is 7.56. The standard InChI is InChI=1S/C17H24BrNO2/c1-12(2)8-15(18)10-13-4-5-16-14(9-13)6-7-19(16)17(20)11-21-3/h4-5,9,12,15H,6-8,10-11H2,1-3H3. The Kier molecular flexibility index (Phi) is 5.82. The minimum absolute atomic E-state index is 0.0437. The first-order valence-corrected chi connectivity index (χ1v) is 8.48. The van der Waals surface area contributed by atoms with E-state index in [2.05, 4.69) is 48.0 Å². The fourth-order valence-corrected chi connectivity index (χ4v) is 4.01. The lowest BCUT2D eigenvalue weighted by Crippen LogP contribution is -2.31. The van der Waals surface area contributed by atoms with Crippen LogP contribution in [0.15, 0.2) is 18.2 Å². The van der Waals surface area contributed by atoms with E-state index in [-0.39, 0.29) is 12.5 Å². The number of alkyl halides is 1. The van der Waals surface area contributed by atoms with Gasteiger partial charge in [0.25, 0.3) is 5.91 Å². The number of halogens is 1. The molecule has 0 saturated heterocycles. The molecule has 3 nitrogen and oxygen atoms in total. The third kappa shape index (κ3) is 4.30. The second-order valence-corrected chi connectivity index (χ2v) is 7.42. The molecule has 0 bridgehead atoms. The topological polar surface area (TPSA) is 29.5 Å².